The van der Waals surface area contributed by atoms with Crippen molar-refractivity contribution in [3.63, 3.8) is 0 Å². The number of hydrogen-bond acceptors (Lipinski definition) is 2. The maximum atomic E-state index is 8.85. The molecule has 1 N–H and O–H groups in total. The van der Waals surface area contributed by atoms with Crippen LogP contribution in [0, 0.1) is 11.3 Å². The lowest BCUT2D eigenvalue weighted by Gasteiger charge is -2.05. The van der Waals surface area contributed by atoms with Crippen LogP contribution in [-0.2, 0) is 0 Å². The van der Waals surface area contributed by atoms with Crippen molar-refractivity contribution in [3.05, 3.63) is 54.1 Å². The Morgan fingerprint density at radius 3 is 2.38 bits per heavy atom. The van der Waals surface area contributed by atoms with Gasteiger partial charge >= 0.3 is 0 Å². The van der Waals surface area contributed by atoms with Gasteiger partial charge in [-0.15, -0.1) is 0 Å². The zero-order valence-corrected chi connectivity index (χ0v) is 9.07. The first-order valence-electron chi connectivity index (χ1n) is 5.12. The lowest BCUT2D eigenvalue weighted by molar-refractivity contribution is 1.47. The summed E-state index contributed by atoms with van der Waals surface area (Å²) in [5.41, 5.74) is 3.94. The SMILES string of the molecule is CNc1cccc(-c2cccc(C#N)c2)c1. The average Bonchev–Trinajstić information content (AvgIpc) is 2.39. The molecule has 2 aromatic rings. The Morgan fingerprint density at radius 2 is 1.69 bits per heavy atom. The van der Waals surface area contributed by atoms with Gasteiger partial charge in [0.25, 0.3) is 0 Å². The number of nitrogens with zero attached hydrogens (tertiary/aromatic N) is 1. The van der Waals surface area contributed by atoms with E-state index in [1.54, 1.807) is 0 Å². The molecular formula is C14H12N2. The smallest absolute Gasteiger partial charge is 0.0991 e. The van der Waals surface area contributed by atoms with E-state index in [1.807, 2.05) is 49.5 Å². The fourth-order valence-corrected chi connectivity index (χ4v) is 1.62. The first-order chi connectivity index (χ1) is 7.83. The van der Waals surface area contributed by atoms with Gasteiger partial charge in [0.05, 0.1) is 11.6 Å². The third kappa shape index (κ3) is 2.04. The molecule has 78 valence electrons. The molecule has 0 radical (unpaired) electrons. The van der Waals surface area contributed by atoms with Gasteiger partial charge in [-0.1, -0.05) is 24.3 Å². The van der Waals surface area contributed by atoms with E-state index >= 15 is 0 Å². The van der Waals surface area contributed by atoms with Gasteiger partial charge in [-0.05, 0) is 35.4 Å². The monoisotopic (exact) mass is 208 g/mol. The zero-order chi connectivity index (χ0) is 11.4. The van der Waals surface area contributed by atoms with Crippen LogP contribution in [-0.4, -0.2) is 7.05 Å². The molecule has 2 nitrogen and oxygen atoms in total. The van der Waals surface area contributed by atoms with E-state index in [0.29, 0.717) is 5.56 Å². The number of hydrogen-bond donors (Lipinski definition) is 1. The van der Waals surface area contributed by atoms with Crippen LogP contribution in [0.15, 0.2) is 48.5 Å². The van der Waals surface area contributed by atoms with Crippen LogP contribution in [0.4, 0.5) is 5.69 Å². The highest BCUT2D eigenvalue weighted by atomic mass is 14.8. The third-order valence-electron chi connectivity index (χ3n) is 2.48. The van der Waals surface area contributed by atoms with Crippen LogP contribution in [0.3, 0.4) is 0 Å². The minimum absolute atomic E-state index is 0.687. The molecule has 0 spiro atoms. The van der Waals surface area contributed by atoms with Crippen LogP contribution in [0.2, 0.25) is 0 Å². The van der Waals surface area contributed by atoms with Gasteiger partial charge in [0, 0.05) is 12.7 Å². The normalized spacial score (nSPS) is 9.50. The van der Waals surface area contributed by atoms with Gasteiger partial charge in [-0.2, -0.15) is 5.26 Å². The Labute approximate surface area is 95.2 Å². The molecule has 0 fully saturated rings. The lowest BCUT2D eigenvalue weighted by Crippen LogP contribution is -1.88. The second kappa shape index (κ2) is 4.50. The molecule has 0 amide bonds. The molecule has 16 heavy (non-hydrogen) atoms. The molecule has 0 atom stereocenters. The predicted molar refractivity (Wildman–Crippen MR) is 66.1 cm³/mol. The summed E-state index contributed by atoms with van der Waals surface area (Å²) in [5.74, 6) is 0. The molecule has 0 saturated heterocycles. The first kappa shape index (κ1) is 10.3. The van der Waals surface area contributed by atoms with Crippen LogP contribution < -0.4 is 5.32 Å². The highest BCUT2D eigenvalue weighted by molar-refractivity contribution is 5.69. The average molecular weight is 208 g/mol. The van der Waals surface area contributed by atoms with E-state index in [4.69, 9.17) is 5.26 Å². The van der Waals surface area contributed by atoms with E-state index in [1.165, 1.54) is 0 Å². The van der Waals surface area contributed by atoms with E-state index in [-0.39, 0.29) is 0 Å². The molecule has 0 bridgehead atoms. The quantitative estimate of drug-likeness (QED) is 0.822. The fraction of sp³-hybridized carbons (Fsp3) is 0.0714. The van der Waals surface area contributed by atoms with Gasteiger partial charge in [0.15, 0.2) is 0 Å². The third-order valence-corrected chi connectivity index (χ3v) is 2.48. The first-order valence-corrected chi connectivity index (χ1v) is 5.12. The van der Waals surface area contributed by atoms with Crippen LogP contribution >= 0.6 is 0 Å². The highest BCUT2D eigenvalue weighted by Crippen LogP contribution is 2.23. The maximum Gasteiger partial charge on any atom is 0.0991 e. The number of nitrogens with one attached hydrogen (secondary N) is 1. The minimum Gasteiger partial charge on any atom is -0.388 e. The van der Waals surface area contributed by atoms with Crippen molar-refractivity contribution < 1.29 is 0 Å². The van der Waals surface area contributed by atoms with Crippen molar-refractivity contribution in [1.82, 2.24) is 0 Å². The predicted octanol–water partition coefficient (Wildman–Crippen LogP) is 3.27. The van der Waals surface area contributed by atoms with Crippen LogP contribution in [0.1, 0.15) is 5.56 Å². The Kier molecular flexibility index (Phi) is 2.88. The van der Waals surface area contributed by atoms with Gasteiger partial charge in [-0.3, -0.25) is 0 Å². The standard InChI is InChI=1S/C14H12N2/c1-16-14-7-3-6-13(9-14)12-5-2-4-11(8-12)10-15/h2-9,16H,1H3. The fourth-order valence-electron chi connectivity index (χ4n) is 1.62. The highest BCUT2D eigenvalue weighted by Gasteiger charge is 1.99. The molecule has 2 heteroatoms. The number of benzene rings is 2. The molecule has 0 heterocycles. The largest absolute Gasteiger partial charge is 0.388 e. The molecule has 0 aromatic heterocycles. The summed E-state index contributed by atoms with van der Waals surface area (Å²) in [6.07, 6.45) is 0. The molecular weight excluding hydrogens is 196 g/mol. The van der Waals surface area contributed by atoms with Crippen molar-refractivity contribution in [3.8, 4) is 17.2 Å². The van der Waals surface area contributed by atoms with Crippen molar-refractivity contribution >= 4 is 5.69 Å². The Morgan fingerprint density at radius 1 is 1.00 bits per heavy atom. The summed E-state index contributed by atoms with van der Waals surface area (Å²) in [6.45, 7) is 0. The maximum absolute atomic E-state index is 8.85. The molecule has 2 rings (SSSR count). The second-order valence-electron chi connectivity index (χ2n) is 3.52. The zero-order valence-electron chi connectivity index (χ0n) is 9.07. The molecule has 0 unspecified atom stereocenters. The molecule has 0 aliphatic carbocycles. The summed E-state index contributed by atoms with van der Waals surface area (Å²) in [5, 5.41) is 11.9. The Hall–Kier alpha value is -2.27. The number of anilines is 1. The summed E-state index contributed by atoms with van der Waals surface area (Å²) in [7, 11) is 1.89. The van der Waals surface area contributed by atoms with E-state index in [0.717, 1.165) is 16.8 Å². The van der Waals surface area contributed by atoms with Gasteiger partial charge in [0.1, 0.15) is 0 Å². The molecule has 0 aliphatic heterocycles. The lowest BCUT2D eigenvalue weighted by atomic mass is 10.0. The van der Waals surface area contributed by atoms with Crippen molar-refractivity contribution in [2.75, 3.05) is 12.4 Å². The number of rotatable bonds is 2. The summed E-state index contributed by atoms with van der Waals surface area (Å²) in [6, 6.07) is 17.9. The van der Waals surface area contributed by atoms with E-state index < -0.39 is 0 Å². The van der Waals surface area contributed by atoms with Gasteiger partial charge < -0.3 is 5.32 Å². The molecule has 2 aromatic carbocycles. The van der Waals surface area contributed by atoms with Crippen LogP contribution in [0.5, 0.6) is 0 Å². The Balaban J connectivity index is 2.46. The second-order valence-corrected chi connectivity index (χ2v) is 3.52. The topological polar surface area (TPSA) is 35.8 Å². The minimum atomic E-state index is 0.687. The Bertz CT molecular complexity index is 538. The van der Waals surface area contributed by atoms with Gasteiger partial charge in [0.2, 0.25) is 0 Å². The van der Waals surface area contributed by atoms with Gasteiger partial charge in [-0.25, -0.2) is 0 Å². The van der Waals surface area contributed by atoms with E-state index in [2.05, 4.69) is 17.5 Å². The molecule has 0 saturated carbocycles. The summed E-state index contributed by atoms with van der Waals surface area (Å²) >= 11 is 0. The van der Waals surface area contributed by atoms with Crippen molar-refractivity contribution in [1.29, 1.82) is 5.26 Å². The molecule has 0 aliphatic rings. The summed E-state index contributed by atoms with van der Waals surface area (Å²) in [4.78, 5) is 0. The van der Waals surface area contributed by atoms with Crippen LogP contribution in [0.25, 0.3) is 11.1 Å². The number of nitriles is 1. The van der Waals surface area contributed by atoms with Crippen molar-refractivity contribution in [2.24, 2.45) is 0 Å². The summed E-state index contributed by atoms with van der Waals surface area (Å²) < 4.78 is 0. The van der Waals surface area contributed by atoms with Crippen molar-refractivity contribution in [2.45, 2.75) is 0 Å². The van der Waals surface area contributed by atoms with E-state index in [9.17, 15) is 0 Å².